The summed E-state index contributed by atoms with van der Waals surface area (Å²) < 4.78 is 43.5. The van der Waals surface area contributed by atoms with E-state index in [9.17, 15) is 13.2 Å². The Morgan fingerprint density at radius 1 is 1.00 bits per heavy atom. The smallest absolute Gasteiger partial charge is 0.433 e. The molecule has 1 aliphatic rings. The van der Waals surface area contributed by atoms with Gasteiger partial charge in [0.2, 0.25) is 0 Å². The molecule has 128 valence electrons. The Kier molecular flexibility index (Phi) is 4.46. The van der Waals surface area contributed by atoms with Crippen LogP contribution in [0.3, 0.4) is 0 Å². The Labute approximate surface area is 137 Å². The molecule has 1 aromatic carbocycles. The zero-order valence-electron chi connectivity index (χ0n) is 13.1. The Morgan fingerprint density at radius 2 is 1.71 bits per heavy atom. The van der Waals surface area contributed by atoms with Gasteiger partial charge in [0.25, 0.3) is 0 Å². The number of alkyl halides is 3. The van der Waals surface area contributed by atoms with Crippen molar-refractivity contribution in [3.63, 3.8) is 0 Å². The lowest BCUT2D eigenvalue weighted by Crippen LogP contribution is -2.46. The van der Waals surface area contributed by atoms with Gasteiger partial charge >= 0.3 is 6.18 Å². The standard InChI is InChI=1S/C16H17F3N4O/c1-24-13-4-2-3-12(9-13)22-5-7-23(8-6-22)15-10-14(16(17,18)19)20-11-21-15/h2-4,9-11H,5-8H2,1H3. The molecule has 0 bridgehead atoms. The molecule has 8 heteroatoms. The van der Waals surface area contributed by atoms with Crippen LogP contribution in [0, 0.1) is 0 Å². The molecule has 0 atom stereocenters. The molecule has 0 spiro atoms. The van der Waals surface area contributed by atoms with Crippen molar-refractivity contribution in [1.29, 1.82) is 0 Å². The fourth-order valence-corrected chi connectivity index (χ4v) is 2.68. The van der Waals surface area contributed by atoms with Crippen LogP contribution < -0.4 is 14.5 Å². The lowest BCUT2D eigenvalue weighted by molar-refractivity contribution is -0.141. The quantitative estimate of drug-likeness (QED) is 0.861. The normalized spacial score (nSPS) is 15.5. The van der Waals surface area contributed by atoms with Gasteiger partial charge in [-0.15, -0.1) is 0 Å². The highest BCUT2D eigenvalue weighted by atomic mass is 19.4. The molecule has 0 aliphatic carbocycles. The van der Waals surface area contributed by atoms with Gasteiger partial charge in [-0.25, -0.2) is 9.97 Å². The van der Waals surface area contributed by atoms with E-state index in [2.05, 4.69) is 14.9 Å². The van der Waals surface area contributed by atoms with Crippen LogP contribution in [0.15, 0.2) is 36.7 Å². The summed E-state index contributed by atoms with van der Waals surface area (Å²) in [6, 6.07) is 8.73. The minimum Gasteiger partial charge on any atom is -0.497 e. The van der Waals surface area contributed by atoms with E-state index in [1.807, 2.05) is 29.2 Å². The van der Waals surface area contributed by atoms with Crippen LogP contribution in [-0.2, 0) is 6.18 Å². The first-order valence-corrected chi connectivity index (χ1v) is 7.50. The highest BCUT2D eigenvalue weighted by molar-refractivity contribution is 5.52. The average Bonchev–Trinajstić information content (AvgIpc) is 2.61. The highest BCUT2D eigenvalue weighted by Crippen LogP contribution is 2.29. The van der Waals surface area contributed by atoms with E-state index in [-0.39, 0.29) is 0 Å². The molecule has 5 nitrogen and oxygen atoms in total. The van der Waals surface area contributed by atoms with Gasteiger partial charge in [-0.1, -0.05) is 6.07 Å². The highest BCUT2D eigenvalue weighted by Gasteiger charge is 2.33. The van der Waals surface area contributed by atoms with Gasteiger partial charge < -0.3 is 14.5 Å². The first kappa shape index (κ1) is 16.4. The van der Waals surface area contributed by atoms with E-state index in [0.717, 1.165) is 23.8 Å². The number of ether oxygens (including phenoxy) is 1. The van der Waals surface area contributed by atoms with Crippen LogP contribution in [0.5, 0.6) is 5.75 Å². The molecule has 0 saturated carbocycles. The van der Waals surface area contributed by atoms with Crippen LogP contribution >= 0.6 is 0 Å². The number of halogens is 3. The molecule has 1 saturated heterocycles. The predicted molar refractivity (Wildman–Crippen MR) is 84.5 cm³/mol. The van der Waals surface area contributed by atoms with Crippen molar-refractivity contribution in [2.75, 3.05) is 43.1 Å². The molecule has 1 aromatic heterocycles. The predicted octanol–water partition coefficient (Wildman–Crippen LogP) is 2.83. The summed E-state index contributed by atoms with van der Waals surface area (Å²) in [5.41, 5.74) is 0.121. The summed E-state index contributed by atoms with van der Waals surface area (Å²) in [7, 11) is 1.62. The molecule has 0 amide bonds. The molecule has 1 fully saturated rings. The molecule has 0 unspecified atom stereocenters. The molecule has 3 rings (SSSR count). The molecule has 0 N–H and O–H groups in total. The Hall–Kier alpha value is -2.51. The number of benzene rings is 1. The van der Waals surface area contributed by atoms with Crippen LogP contribution in [0.2, 0.25) is 0 Å². The van der Waals surface area contributed by atoms with Crippen molar-refractivity contribution in [3.05, 3.63) is 42.4 Å². The SMILES string of the molecule is COc1cccc(N2CCN(c3cc(C(F)(F)F)ncn3)CC2)c1. The molecule has 2 aromatic rings. The topological polar surface area (TPSA) is 41.5 Å². The van der Waals surface area contributed by atoms with Crippen LogP contribution in [0.25, 0.3) is 0 Å². The molecule has 24 heavy (non-hydrogen) atoms. The molecule has 1 aliphatic heterocycles. The largest absolute Gasteiger partial charge is 0.497 e. The van der Waals surface area contributed by atoms with E-state index < -0.39 is 11.9 Å². The lowest BCUT2D eigenvalue weighted by Gasteiger charge is -2.36. The zero-order chi connectivity index (χ0) is 17.2. The minimum absolute atomic E-state index is 0.308. The average molecular weight is 338 g/mol. The third-order valence-corrected chi connectivity index (χ3v) is 3.97. The van der Waals surface area contributed by atoms with Gasteiger partial charge in [-0.05, 0) is 12.1 Å². The van der Waals surface area contributed by atoms with Gasteiger partial charge in [0, 0.05) is 44.0 Å². The van der Waals surface area contributed by atoms with Gasteiger partial charge in [0.1, 0.15) is 23.6 Å². The summed E-state index contributed by atoms with van der Waals surface area (Å²) in [5.74, 6) is 1.09. The fourth-order valence-electron chi connectivity index (χ4n) is 2.68. The number of hydrogen-bond acceptors (Lipinski definition) is 5. The van der Waals surface area contributed by atoms with E-state index in [0.29, 0.717) is 32.0 Å². The Balaban J connectivity index is 1.69. The first-order chi connectivity index (χ1) is 11.5. The third-order valence-electron chi connectivity index (χ3n) is 3.97. The van der Waals surface area contributed by atoms with Crippen LogP contribution in [-0.4, -0.2) is 43.3 Å². The van der Waals surface area contributed by atoms with Gasteiger partial charge in [0.15, 0.2) is 0 Å². The first-order valence-electron chi connectivity index (χ1n) is 7.50. The second kappa shape index (κ2) is 6.54. The van der Waals surface area contributed by atoms with E-state index >= 15 is 0 Å². The van der Waals surface area contributed by atoms with E-state index in [4.69, 9.17) is 4.74 Å². The molecular formula is C16H17F3N4O. The summed E-state index contributed by atoms with van der Waals surface area (Å²) in [4.78, 5) is 11.3. The maximum absolute atomic E-state index is 12.8. The lowest BCUT2D eigenvalue weighted by atomic mass is 10.2. The van der Waals surface area contributed by atoms with Crippen LogP contribution in [0.4, 0.5) is 24.7 Å². The number of aromatic nitrogens is 2. The van der Waals surface area contributed by atoms with Crippen molar-refractivity contribution in [3.8, 4) is 5.75 Å². The number of rotatable bonds is 3. The van der Waals surface area contributed by atoms with E-state index in [1.165, 1.54) is 0 Å². The van der Waals surface area contributed by atoms with Crippen molar-refractivity contribution < 1.29 is 17.9 Å². The summed E-state index contributed by atoms with van der Waals surface area (Å²) in [6.45, 7) is 2.56. The monoisotopic (exact) mass is 338 g/mol. The number of nitrogens with zero attached hydrogens (tertiary/aromatic N) is 4. The van der Waals surface area contributed by atoms with Gasteiger partial charge in [-0.3, -0.25) is 0 Å². The maximum atomic E-state index is 12.8. The van der Waals surface area contributed by atoms with Gasteiger partial charge in [0.05, 0.1) is 7.11 Å². The number of hydrogen-bond donors (Lipinski definition) is 0. The number of methoxy groups -OCH3 is 1. The van der Waals surface area contributed by atoms with Crippen molar-refractivity contribution in [1.82, 2.24) is 9.97 Å². The minimum atomic E-state index is -4.46. The Morgan fingerprint density at radius 3 is 2.38 bits per heavy atom. The molecule has 2 heterocycles. The second-order valence-electron chi connectivity index (χ2n) is 5.43. The Bertz CT molecular complexity index is 700. The number of anilines is 2. The van der Waals surface area contributed by atoms with Gasteiger partial charge in [-0.2, -0.15) is 13.2 Å². The molecule has 0 radical (unpaired) electrons. The van der Waals surface area contributed by atoms with Crippen molar-refractivity contribution >= 4 is 11.5 Å². The maximum Gasteiger partial charge on any atom is 0.433 e. The summed E-state index contributed by atoms with van der Waals surface area (Å²) in [6.07, 6.45) is -3.49. The zero-order valence-corrected chi connectivity index (χ0v) is 13.1. The van der Waals surface area contributed by atoms with Crippen molar-refractivity contribution in [2.24, 2.45) is 0 Å². The van der Waals surface area contributed by atoms with Crippen molar-refractivity contribution in [2.45, 2.75) is 6.18 Å². The third kappa shape index (κ3) is 3.52. The fraction of sp³-hybridized carbons (Fsp3) is 0.375. The second-order valence-corrected chi connectivity index (χ2v) is 5.43. The van der Waals surface area contributed by atoms with E-state index in [1.54, 1.807) is 7.11 Å². The molecular weight excluding hydrogens is 321 g/mol. The summed E-state index contributed by atoms with van der Waals surface area (Å²) in [5, 5.41) is 0. The van der Waals surface area contributed by atoms with Crippen LogP contribution in [0.1, 0.15) is 5.69 Å². The summed E-state index contributed by atoms with van der Waals surface area (Å²) >= 11 is 0. The number of piperazine rings is 1.